The molecule has 0 aliphatic carbocycles. The van der Waals surface area contributed by atoms with Crippen LogP contribution >= 0.6 is 0 Å². The number of hydrogen-bond donors (Lipinski definition) is 7. The first-order chi connectivity index (χ1) is 27.9. The van der Waals surface area contributed by atoms with Gasteiger partial charge in [-0.25, -0.2) is 24.4 Å². The zero-order chi connectivity index (χ0) is 41.1. The van der Waals surface area contributed by atoms with Crippen molar-refractivity contribution in [2.24, 2.45) is 0 Å². The number of pyridine rings is 1. The molecule has 0 radical (unpaired) electrons. The molecule has 0 saturated heterocycles. The molecule has 288 valence electrons. The van der Waals surface area contributed by atoms with Crippen LogP contribution in [0.4, 0.5) is 5.69 Å². The van der Waals surface area contributed by atoms with Gasteiger partial charge in [-0.15, -0.1) is 0 Å². The lowest BCUT2D eigenvalue weighted by molar-refractivity contribution is 0.0681. The Morgan fingerprint density at radius 1 is 0.483 bits per heavy atom. The smallest absolute Gasteiger partial charge is 0.352 e. The Labute approximate surface area is 330 Å². The molecule has 0 aliphatic heterocycles. The van der Waals surface area contributed by atoms with E-state index in [2.05, 4.69) is 29.9 Å². The molecule has 5 aromatic heterocycles. The molecule has 8 N–H and O–H groups in total. The van der Waals surface area contributed by atoms with Crippen LogP contribution in [0.2, 0.25) is 0 Å². The fraction of sp³-hybridized carbons (Fsp3) is 0.0667. The highest BCUT2D eigenvalue weighted by atomic mass is 16.4. The number of carboxylic acid groups (broad SMARTS) is 3. The van der Waals surface area contributed by atoms with Crippen molar-refractivity contribution in [1.82, 2.24) is 29.9 Å². The predicted octanol–water partition coefficient (Wildman–Crippen LogP) is 9.29. The van der Waals surface area contributed by atoms with Gasteiger partial charge in [0.15, 0.2) is 0 Å². The highest BCUT2D eigenvalue weighted by Crippen LogP contribution is 2.36. The molecule has 13 heteroatoms. The van der Waals surface area contributed by atoms with Gasteiger partial charge in [0.05, 0.1) is 0 Å². The number of anilines is 1. The van der Waals surface area contributed by atoms with E-state index in [0.29, 0.717) is 27.9 Å². The highest BCUT2D eigenvalue weighted by molar-refractivity contribution is 6.10. The summed E-state index contributed by atoms with van der Waals surface area (Å²) in [5.41, 5.74) is 16.9. The van der Waals surface area contributed by atoms with Gasteiger partial charge >= 0.3 is 17.9 Å². The molecule has 0 atom stereocenters. The molecule has 0 unspecified atom stereocenters. The minimum Gasteiger partial charge on any atom is -0.477 e. The number of fused-ring (bicyclic) bond motifs is 3. The average molecular weight is 772 g/mol. The number of para-hydroxylation sites is 3. The maximum absolute atomic E-state index is 11.5. The number of nitrogen functional groups attached to an aromatic ring is 1. The number of aryl methyl sites for hydroxylation is 3. The number of benzene rings is 4. The van der Waals surface area contributed by atoms with Gasteiger partial charge in [0, 0.05) is 91.0 Å². The van der Waals surface area contributed by atoms with Gasteiger partial charge in [0.25, 0.3) is 0 Å². The minimum absolute atomic E-state index is 0.166. The van der Waals surface area contributed by atoms with E-state index >= 15 is 0 Å². The average Bonchev–Trinajstić information content (AvgIpc) is 3.94. The summed E-state index contributed by atoms with van der Waals surface area (Å²) < 4.78 is 0. The first-order valence-corrected chi connectivity index (χ1v) is 18.0. The second-order valence-corrected chi connectivity index (χ2v) is 13.5. The van der Waals surface area contributed by atoms with Gasteiger partial charge in [-0.1, -0.05) is 72.8 Å². The molecular formula is C45H37N7O6. The van der Waals surface area contributed by atoms with Crippen LogP contribution in [-0.2, 0) is 0 Å². The van der Waals surface area contributed by atoms with Crippen molar-refractivity contribution in [3.05, 3.63) is 156 Å². The Kier molecular flexibility index (Phi) is 10.5. The quantitative estimate of drug-likeness (QED) is 0.0793. The van der Waals surface area contributed by atoms with Gasteiger partial charge in [-0.05, 0) is 61.2 Å². The number of nitrogens with two attached hydrogens (primary N) is 1. The van der Waals surface area contributed by atoms with E-state index in [0.717, 1.165) is 60.5 Å². The molecule has 0 aliphatic rings. The number of nitrogens with zero attached hydrogens (tertiary/aromatic N) is 3. The van der Waals surface area contributed by atoms with Crippen LogP contribution < -0.4 is 5.73 Å². The van der Waals surface area contributed by atoms with Crippen LogP contribution in [0, 0.1) is 20.8 Å². The molecular weight excluding hydrogens is 735 g/mol. The Morgan fingerprint density at radius 2 is 0.879 bits per heavy atom. The first-order valence-electron chi connectivity index (χ1n) is 18.0. The van der Waals surface area contributed by atoms with E-state index in [4.69, 9.17) is 5.73 Å². The van der Waals surface area contributed by atoms with Crippen molar-refractivity contribution in [2.75, 3.05) is 5.73 Å². The number of aromatic nitrogens is 6. The third-order valence-electron chi connectivity index (χ3n) is 9.77. The summed E-state index contributed by atoms with van der Waals surface area (Å²) in [4.78, 5) is 55.3. The van der Waals surface area contributed by atoms with E-state index in [1.165, 1.54) is 6.33 Å². The molecule has 0 fully saturated rings. The number of carboxylic acids is 3. The summed E-state index contributed by atoms with van der Waals surface area (Å²) in [6.07, 6.45) is 8.00. The Morgan fingerprint density at radius 3 is 1.28 bits per heavy atom. The van der Waals surface area contributed by atoms with Crippen LogP contribution in [0.3, 0.4) is 0 Å². The number of nitrogens with one attached hydrogen (secondary N) is 3. The molecule has 9 rings (SSSR count). The second-order valence-electron chi connectivity index (χ2n) is 13.5. The number of rotatable bonds is 6. The van der Waals surface area contributed by atoms with Crippen molar-refractivity contribution in [2.45, 2.75) is 20.8 Å². The SMILES string of the molecule is Cc1cccc2c(-c3ccc(N)cc3)c(C(=O)O)[nH]c12.Cc1cccc2c(-c3cccnc3)c(C(=O)O)[nH]c12.Cc1cccc2c(-c3cncnc3)c(C(=O)O)[nH]c12. The summed E-state index contributed by atoms with van der Waals surface area (Å²) in [6.45, 7) is 5.85. The molecule has 9 aromatic rings. The zero-order valence-corrected chi connectivity index (χ0v) is 31.5. The van der Waals surface area contributed by atoms with Crippen LogP contribution in [0.15, 0.2) is 122 Å². The predicted molar refractivity (Wildman–Crippen MR) is 224 cm³/mol. The Bertz CT molecular complexity index is 2840. The Balaban J connectivity index is 0.000000132. The van der Waals surface area contributed by atoms with Gasteiger partial charge in [-0.2, -0.15) is 0 Å². The number of aromatic amines is 3. The Hall–Kier alpha value is -8.06. The number of aromatic carboxylic acids is 3. The number of carbonyl (C=O) groups is 3. The van der Waals surface area contributed by atoms with Crippen molar-refractivity contribution < 1.29 is 29.7 Å². The van der Waals surface area contributed by atoms with Crippen LogP contribution in [0.1, 0.15) is 48.2 Å². The molecule has 13 nitrogen and oxygen atoms in total. The fourth-order valence-corrected chi connectivity index (χ4v) is 7.06. The van der Waals surface area contributed by atoms with E-state index in [1.54, 1.807) is 43.0 Å². The van der Waals surface area contributed by atoms with Crippen molar-refractivity contribution in [3.63, 3.8) is 0 Å². The topological polar surface area (TPSA) is 224 Å². The van der Waals surface area contributed by atoms with Gasteiger partial charge in [0.2, 0.25) is 0 Å². The molecule has 4 aromatic carbocycles. The first kappa shape index (κ1) is 38.2. The minimum atomic E-state index is -0.991. The third kappa shape index (κ3) is 7.34. The lowest BCUT2D eigenvalue weighted by atomic mass is 10.0. The maximum Gasteiger partial charge on any atom is 0.352 e. The lowest BCUT2D eigenvalue weighted by Crippen LogP contribution is -1.99. The number of H-pyrrole nitrogens is 3. The van der Waals surface area contributed by atoms with Crippen LogP contribution in [0.5, 0.6) is 0 Å². The zero-order valence-electron chi connectivity index (χ0n) is 31.5. The van der Waals surface area contributed by atoms with Gasteiger partial charge in [0.1, 0.15) is 23.4 Å². The molecule has 0 amide bonds. The lowest BCUT2D eigenvalue weighted by Gasteiger charge is -2.03. The second kappa shape index (κ2) is 16.0. The van der Waals surface area contributed by atoms with Crippen molar-refractivity contribution >= 4 is 56.3 Å². The summed E-state index contributed by atoms with van der Waals surface area (Å²) in [6, 6.07) is 28.3. The fourth-order valence-electron chi connectivity index (χ4n) is 7.06. The van der Waals surface area contributed by atoms with Gasteiger partial charge in [-0.3, -0.25) is 4.98 Å². The molecule has 58 heavy (non-hydrogen) atoms. The van der Waals surface area contributed by atoms with Crippen molar-refractivity contribution in [3.8, 4) is 33.4 Å². The van der Waals surface area contributed by atoms with Crippen LogP contribution in [0.25, 0.3) is 66.1 Å². The summed E-state index contributed by atoms with van der Waals surface area (Å²) >= 11 is 0. The van der Waals surface area contributed by atoms with Crippen molar-refractivity contribution in [1.29, 1.82) is 0 Å². The van der Waals surface area contributed by atoms with Gasteiger partial charge < -0.3 is 36.0 Å². The third-order valence-corrected chi connectivity index (χ3v) is 9.77. The molecule has 0 bridgehead atoms. The molecule has 5 heterocycles. The molecule has 0 saturated carbocycles. The van der Waals surface area contributed by atoms with Crippen LogP contribution in [-0.4, -0.2) is 63.1 Å². The van der Waals surface area contributed by atoms with E-state index in [-0.39, 0.29) is 17.1 Å². The standard InChI is InChI=1S/C16H14N2O2.C15H12N2O2.C14H11N3O2/c1-9-3-2-4-12-13(10-5-7-11(17)8-6-10)15(16(19)20)18-14(9)12;1-9-4-2-6-11-12(10-5-3-7-16-8-10)14(15(18)19)17-13(9)11;1-8-3-2-4-10-11(9-5-15-7-16-6-9)13(14(18)19)17-12(8)10/h2-8,18H,17H2,1H3,(H,19,20);2-8,17H,1H3,(H,18,19);2-7,17H,1H3,(H,18,19). The van der Waals surface area contributed by atoms with E-state index in [9.17, 15) is 29.7 Å². The number of hydrogen-bond acceptors (Lipinski definition) is 7. The monoisotopic (exact) mass is 771 g/mol. The normalized spacial score (nSPS) is 10.8. The molecule has 0 spiro atoms. The van der Waals surface area contributed by atoms with E-state index < -0.39 is 17.9 Å². The van der Waals surface area contributed by atoms with E-state index in [1.807, 2.05) is 93.6 Å². The highest BCUT2D eigenvalue weighted by Gasteiger charge is 2.22. The largest absolute Gasteiger partial charge is 0.477 e. The summed E-state index contributed by atoms with van der Waals surface area (Å²) in [7, 11) is 0. The summed E-state index contributed by atoms with van der Waals surface area (Å²) in [5, 5.41) is 30.8. The summed E-state index contributed by atoms with van der Waals surface area (Å²) in [5.74, 6) is -2.92. The maximum atomic E-state index is 11.5.